The zero-order valence-corrected chi connectivity index (χ0v) is 16.0. The third-order valence-corrected chi connectivity index (χ3v) is 4.27. The third-order valence-electron chi connectivity index (χ3n) is 4.27. The van der Waals surface area contributed by atoms with E-state index in [9.17, 15) is 13.6 Å². The fraction of sp³-hybridized carbons (Fsp3) is 0.263. The maximum Gasteiger partial charge on any atom is 0.288 e. The highest BCUT2D eigenvalue weighted by molar-refractivity contribution is 6.03. The van der Waals surface area contributed by atoms with Gasteiger partial charge in [0.25, 0.3) is 11.9 Å². The van der Waals surface area contributed by atoms with Crippen LogP contribution in [0.1, 0.15) is 28.7 Å². The molecular formula is C19H19F2N5O3. The van der Waals surface area contributed by atoms with Crippen LogP contribution in [0.4, 0.5) is 14.5 Å². The second-order valence-corrected chi connectivity index (χ2v) is 6.44. The molecule has 1 aliphatic heterocycles. The van der Waals surface area contributed by atoms with E-state index in [-0.39, 0.29) is 28.9 Å². The zero-order chi connectivity index (χ0) is 21.2. The highest BCUT2D eigenvalue weighted by Crippen LogP contribution is 2.35. The Morgan fingerprint density at radius 2 is 2.17 bits per heavy atom. The lowest BCUT2D eigenvalue weighted by molar-refractivity contribution is 0.102. The lowest BCUT2D eigenvalue weighted by Gasteiger charge is -2.28. The molecule has 1 aromatic carbocycles. The number of aromatic nitrogens is 2. The van der Waals surface area contributed by atoms with E-state index >= 15 is 0 Å². The van der Waals surface area contributed by atoms with Gasteiger partial charge >= 0.3 is 0 Å². The summed E-state index contributed by atoms with van der Waals surface area (Å²) >= 11 is 0. The number of alkyl halides is 1. The maximum atomic E-state index is 14.5. The molecule has 0 saturated heterocycles. The SMILES string of the molecule is COc1cnc(C(=O)Nc2ccc(F)c([C@]3(C)C=C(CF)OC(N)=N3)c2)c(C)n1. The predicted octanol–water partition coefficient (Wildman–Crippen LogP) is 2.60. The summed E-state index contributed by atoms with van der Waals surface area (Å²) in [7, 11) is 1.44. The second kappa shape index (κ2) is 7.82. The standard InChI is InChI=1S/C19H19F2N5O3/c1-10-16(23-9-15(24-10)28-3)17(27)25-11-4-5-14(21)13(6-11)19(2)7-12(8-20)29-18(22)26-19/h4-7,9H,8H2,1-3H3,(H2,22,26)(H,25,27)/t19-/m0/s1. The van der Waals surface area contributed by atoms with Gasteiger partial charge < -0.3 is 20.5 Å². The van der Waals surface area contributed by atoms with Crippen molar-refractivity contribution in [3.05, 3.63) is 59.0 Å². The summed E-state index contributed by atoms with van der Waals surface area (Å²) in [5, 5.41) is 2.64. The molecule has 0 unspecified atom stereocenters. The Balaban J connectivity index is 1.93. The van der Waals surface area contributed by atoms with Crippen molar-refractivity contribution in [2.75, 3.05) is 19.1 Å². The molecule has 10 heteroatoms. The number of hydrogen-bond donors (Lipinski definition) is 2. The fourth-order valence-electron chi connectivity index (χ4n) is 2.93. The minimum Gasteiger partial charge on any atom is -0.480 e. The largest absolute Gasteiger partial charge is 0.480 e. The van der Waals surface area contributed by atoms with Gasteiger partial charge in [-0.1, -0.05) is 0 Å². The van der Waals surface area contributed by atoms with Crippen molar-refractivity contribution in [2.24, 2.45) is 10.7 Å². The van der Waals surface area contributed by atoms with E-state index in [0.717, 1.165) is 0 Å². The summed E-state index contributed by atoms with van der Waals surface area (Å²) in [6, 6.07) is 3.68. The van der Waals surface area contributed by atoms with Crippen LogP contribution in [-0.2, 0) is 10.3 Å². The number of carbonyl (C=O) groups excluding carboxylic acids is 1. The van der Waals surface area contributed by atoms with E-state index in [0.29, 0.717) is 11.4 Å². The summed E-state index contributed by atoms with van der Waals surface area (Å²) in [6.45, 7) is 2.25. The zero-order valence-electron chi connectivity index (χ0n) is 16.0. The lowest BCUT2D eigenvalue weighted by atomic mass is 9.90. The Bertz CT molecular complexity index is 1020. The first kappa shape index (κ1) is 20.2. The Morgan fingerprint density at radius 3 is 2.83 bits per heavy atom. The second-order valence-electron chi connectivity index (χ2n) is 6.44. The van der Waals surface area contributed by atoms with Gasteiger partial charge in [0, 0.05) is 11.3 Å². The number of anilines is 1. The molecule has 3 rings (SSSR count). The van der Waals surface area contributed by atoms with Crippen LogP contribution in [0.25, 0.3) is 0 Å². The number of aryl methyl sites for hydroxylation is 1. The number of benzene rings is 1. The summed E-state index contributed by atoms with van der Waals surface area (Å²) in [4.78, 5) is 24.8. The first-order valence-corrected chi connectivity index (χ1v) is 8.55. The van der Waals surface area contributed by atoms with Crippen molar-refractivity contribution in [3.63, 3.8) is 0 Å². The van der Waals surface area contributed by atoms with Crippen LogP contribution in [0.5, 0.6) is 5.88 Å². The number of nitrogens with two attached hydrogens (primary N) is 1. The number of hydrogen-bond acceptors (Lipinski definition) is 7. The van der Waals surface area contributed by atoms with Gasteiger partial charge in [-0.25, -0.2) is 23.7 Å². The van der Waals surface area contributed by atoms with Crippen molar-refractivity contribution in [1.29, 1.82) is 0 Å². The molecule has 29 heavy (non-hydrogen) atoms. The van der Waals surface area contributed by atoms with Crippen LogP contribution in [0, 0.1) is 12.7 Å². The van der Waals surface area contributed by atoms with Crippen LogP contribution in [-0.4, -0.2) is 35.7 Å². The Morgan fingerprint density at radius 1 is 1.41 bits per heavy atom. The average Bonchev–Trinajstić information content (AvgIpc) is 2.68. The molecule has 8 nitrogen and oxygen atoms in total. The van der Waals surface area contributed by atoms with Gasteiger partial charge in [0.1, 0.15) is 29.5 Å². The van der Waals surface area contributed by atoms with E-state index in [2.05, 4.69) is 20.3 Å². The van der Waals surface area contributed by atoms with Gasteiger partial charge in [0.05, 0.1) is 19.0 Å². The highest BCUT2D eigenvalue weighted by atomic mass is 19.1. The Kier molecular flexibility index (Phi) is 5.44. The summed E-state index contributed by atoms with van der Waals surface area (Å²) in [5.74, 6) is -0.923. The first-order valence-electron chi connectivity index (χ1n) is 8.55. The molecule has 152 valence electrons. The minimum atomic E-state index is -1.30. The molecule has 3 N–H and O–H groups in total. The van der Waals surface area contributed by atoms with Crippen LogP contribution < -0.4 is 15.8 Å². The molecule has 0 aliphatic carbocycles. The van der Waals surface area contributed by atoms with Gasteiger partial charge in [-0.2, -0.15) is 0 Å². The molecule has 0 spiro atoms. The van der Waals surface area contributed by atoms with Gasteiger partial charge in [-0.05, 0) is 38.1 Å². The van der Waals surface area contributed by atoms with Crippen molar-refractivity contribution in [1.82, 2.24) is 9.97 Å². The molecule has 1 amide bonds. The number of amides is 1. The number of amidine groups is 1. The average molecular weight is 403 g/mol. The molecule has 1 atom stereocenters. The minimum absolute atomic E-state index is 0.0713. The number of allylic oxidation sites excluding steroid dienone is 1. The van der Waals surface area contributed by atoms with Crippen molar-refractivity contribution in [3.8, 4) is 5.88 Å². The molecule has 1 aromatic heterocycles. The van der Waals surface area contributed by atoms with Gasteiger partial charge in [-0.3, -0.25) is 4.79 Å². The molecule has 1 aliphatic rings. The smallest absolute Gasteiger partial charge is 0.288 e. The van der Waals surface area contributed by atoms with Crippen LogP contribution in [0.3, 0.4) is 0 Å². The maximum absolute atomic E-state index is 14.5. The molecular weight excluding hydrogens is 384 g/mol. The first-order chi connectivity index (χ1) is 13.8. The van der Waals surface area contributed by atoms with Crippen molar-refractivity contribution >= 4 is 17.6 Å². The number of nitrogens with one attached hydrogen (secondary N) is 1. The summed E-state index contributed by atoms with van der Waals surface area (Å²) in [5.41, 5.74) is 5.14. The lowest BCUT2D eigenvalue weighted by Crippen LogP contribution is -2.31. The number of carbonyl (C=O) groups is 1. The van der Waals surface area contributed by atoms with Gasteiger partial charge in [-0.15, -0.1) is 0 Å². The fourth-order valence-corrected chi connectivity index (χ4v) is 2.93. The van der Waals surface area contributed by atoms with Crippen LogP contribution in [0.2, 0.25) is 0 Å². The number of ether oxygens (including phenoxy) is 2. The molecule has 2 aromatic rings. The number of aliphatic imine (C=N–C) groups is 1. The topological polar surface area (TPSA) is 112 Å². The number of halogens is 2. The highest BCUT2D eigenvalue weighted by Gasteiger charge is 2.32. The van der Waals surface area contributed by atoms with E-state index < -0.39 is 23.9 Å². The predicted molar refractivity (Wildman–Crippen MR) is 102 cm³/mol. The normalized spacial score (nSPS) is 18.4. The van der Waals surface area contributed by atoms with Gasteiger partial charge in [0.2, 0.25) is 5.88 Å². The molecule has 0 bridgehead atoms. The number of nitrogens with zero attached hydrogens (tertiary/aromatic N) is 3. The molecule has 0 saturated carbocycles. The summed E-state index contributed by atoms with van der Waals surface area (Å²) < 4.78 is 37.6. The molecule has 2 heterocycles. The van der Waals surface area contributed by atoms with E-state index in [1.165, 1.54) is 37.6 Å². The molecule has 0 radical (unpaired) electrons. The Hall–Kier alpha value is -3.56. The third kappa shape index (κ3) is 4.15. The van der Waals surface area contributed by atoms with E-state index in [1.54, 1.807) is 13.8 Å². The number of methoxy groups -OCH3 is 1. The van der Waals surface area contributed by atoms with Crippen molar-refractivity contribution < 1.29 is 23.0 Å². The van der Waals surface area contributed by atoms with Crippen molar-refractivity contribution in [2.45, 2.75) is 19.4 Å². The van der Waals surface area contributed by atoms with Gasteiger partial charge in [0.15, 0.2) is 0 Å². The van der Waals surface area contributed by atoms with E-state index in [4.69, 9.17) is 15.2 Å². The quantitative estimate of drug-likeness (QED) is 0.794. The van der Waals surface area contributed by atoms with Crippen LogP contribution >= 0.6 is 0 Å². The Labute approximate surface area is 165 Å². The van der Waals surface area contributed by atoms with Crippen LogP contribution in [0.15, 0.2) is 41.2 Å². The van der Waals surface area contributed by atoms with E-state index in [1.807, 2.05) is 0 Å². The molecule has 0 fully saturated rings. The summed E-state index contributed by atoms with van der Waals surface area (Å²) in [6.07, 6.45) is 2.66. The monoisotopic (exact) mass is 403 g/mol. The number of rotatable bonds is 5.